The number of likely N-dealkylation sites (N-methyl/N-ethyl adjacent to an activating group) is 1. The summed E-state index contributed by atoms with van der Waals surface area (Å²) in [5, 5.41) is 0. The van der Waals surface area contributed by atoms with Gasteiger partial charge in [-0.05, 0) is 51.0 Å². The number of hydrogen-bond donors (Lipinski definition) is 0. The van der Waals surface area contributed by atoms with Gasteiger partial charge in [0, 0.05) is 43.9 Å². The molecule has 0 unspecified atom stereocenters. The summed E-state index contributed by atoms with van der Waals surface area (Å²) < 4.78 is 2.06. The van der Waals surface area contributed by atoms with E-state index in [9.17, 15) is 4.79 Å². The molecule has 2 aromatic rings. The molecule has 0 saturated heterocycles. The lowest BCUT2D eigenvalue weighted by atomic mass is 10.1. The van der Waals surface area contributed by atoms with Crippen LogP contribution in [-0.4, -0.2) is 33.4 Å². The van der Waals surface area contributed by atoms with Crippen molar-refractivity contribution in [2.24, 2.45) is 7.05 Å². The van der Waals surface area contributed by atoms with Crippen molar-refractivity contribution in [1.29, 1.82) is 0 Å². The molecule has 0 aromatic carbocycles. The zero-order valence-corrected chi connectivity index (χ0v) is 13.3. The zero-order chi connectivity index (χ0) is 15.4. The fourth-order valence-corrected chi connectivity index (χ4v) is 2.46. The quantitative estimate of drug-likeness (QED) is 0.847. The fourth-order valence-electron chi connectivity index (χ4n) is 2.46. The van der Waals surface area contributed by atoms with Crippen LogP contribution in [0.4, 0.5) is 0 Å². The van der Waals surface area contributed by atoms with E-state index in [0.717, 1.165) is 36.5 Å². The molecule has 4 heteroatoms. The van der Waals surface area contributed by atoms with Crippen molar-refractivity contribution in [1.82, 2.24) is 14.5 Å². The molecular weight excluding hydrogens is 262 g/mol. The second-order valence-corrected chi connectivity index (χ2v) is 5.33. The molecule has 2 aromatic heterocycles. The second-order valence-electron chi connectivity index (χ2n) is 5.33. The molecule has 0 N–H and O–H groups in total. The molecular formula is C17H23N3O. The summed E-state index contributed by atoms with van der Waals surface area (Å²) in [6, 6.07) is 5.97. The van der Waals surface area contributed by atoms with E-state index in [1.807, 2.05) is 50.9 Å². The van der Waals surface area contributed by atoms with Crippen LogP contribution < -0.4 is 0 Å². The Morgan fingerprint density at radius 2 is 1.95 bits per heavy atom. The third-order valence-corrected chi connectivity index (χ3v) is 4.09. The molecule has 2 rings (SSSR count). The van der Waals surface area contributed by atoms with E-state index in [0.29, 0.717) is 0 Å². The van der Waals surface area contributed by atoms with Crippen molar-refractivity contribution in [3.63, 3.8) is 0 Å². The third kappa shape index (κ3) is 3.32. The van der Waals surface area contributed by atoms with Crippen molar-refractivity contribution in [2.75, 3.05) is 13.1 Å². The van der Waals surface area contributed by atoms with Crippen LogP contribution in [0.2, 0.25) is 0 Å². The number of carbonyl (C=O) groups excluding carboxylic acids is 1. The number of amides is 1. The van der Waals surface area contributed by atoms with E-state index < -0.39 is 0 Å². The molecule has 112 valence electrons. The minimum atomic E-state index is 0.118. The smallest absolute Gasteiger partial charge is 0.255 e. The number of hydrogen-bond acceptors (Lipinski definition) is 2. The molecule has 0 spiro atoms. The molecule has 0 aliphatic rings. The summed E-state index contributed by atoms with van der Waals surface area (Å²) in [5.74, 6) is 0.118. The Kier molecular flexibility index (Phi) is 4.78. The van der Waals surface area contributed by atoms with Crippen molar-refractivity contribution < 1.29 is 4.79 Å². The second kappa shape index (κ2) is 6.57. The van der Waals surface area contributed by atoms with E-state index >= 15 is 0 Å². The van der Waals surface area contributed by atoms with Crippen molar-refractivity contribution in [2.45, 2.75) is 27.2 Å². The summed E-state index contributed by atoms with van der Waals surface area (Å²) in [6.07, 6.45) is 4.43. The predicted molar refractivity (Wildman–Crippen MR) is 84.4 cm³/mol. The molecule has 0 bridgehead atoms. The Morgan fingerprint density at radius 3 is 2.48 bits per heavy atom. The van der Waals surface area contributed by atoms with Crippen LogP contribution in [0.3, 0.4) is 0 Å². The van der Waals surface area contributed by atoms with Crippen LogP contribution >= 0.6 is 0 Å². The van der Waals surface area contributed by atoms with E-state index in [1.165, 1.54) is 5.56 Å². The lowest BCUT2D eigenvalue weighted by Gasteiger charge is -2.21. The molecule has 0 aliphatic heterocycles. The average Bonchev–Trinajstić information content (AvgIpc) is 2.76. The highest BCUT2D eigenvalue weighted by molar-refractivity contribution is 5.95. The van der Waals surface area contributed by atoms with E-state index in [-0.39, 0.29) is 5.91 Å². The largest absolute Gasteiger partial charge is 0.351 e. The normalized spacial score (nSPS) is 10.7. The summed E-state index contributed by atoms with van der Waals surface area (Å²) in [5.41, 5.74) is 4.16. The predicted octanol–water partition coefficient (Wildman–Crippen LogP) is 2.74. The van der Waals surface area contributed by atoms with Gasteiger partial charge in [0.05, 0.1) is 5.56 Å². The van der Waals surface area contributed by atoms with Crippen molar-refractivity contribution >= 4 is 5.91 Å². The number of nitrogens with zero attached hydrogens (tertiary/aromatic N) is 3. The number of rotatable bonds is 5. The maximum absolute atomic E-state index is 12.7. The van der Waals surface area contributed by atoms with Crippen LogP contribution in [0.25, 0.3) is 0 Å². The van der Waals surface area contributed by atoms with Crippen molar-refractivity contribution in [3.8, 4) is 0 Å². The summed E-state index contributed by atoms with van der Waals surface area (Å²) >= 11 is 0. The first-order valence-electron chi connectivity index (χ1n) is 7.35. The lowest BCUT2D eigenvalue weighted by molar-refractivity contribution is 0.0765. The molecule has 1 amide bonds. The van der Waals surface area contributed by atoms with Gasteiger partial charge in [0.15, 0.2) is 0 Å². The number of aryl methyl sites for hydroxylation is 1. The molecule has 2 heterocycles. The Morgan fingerprint density at radius 1 is 1.29 bits per heavy atom. The number of aromatic nitrogens is 2. The fraction of sp³-hybridized carbons (Fsp3) is 0.412. The molecule has 0 radical (unpaired) electrons. The van der Waals surface area contributed by atoms with Gasteiger partial charge in [-0.1, -0.05) is 0 Å². The van der Waals surface area contributed by atoms with Crippen LogP contribution in [0.5, 0.6) is 0 Å². The van der Waals surface area contributed by atoms with Gasteiger partial charge in [0.25, 0.3) is 5.91 Å². The van der Waals surface area contributed by atoms with Gasteiger partial charge < -0.3 is 9.47 Å². The highest BCUT2D eigenvalue weighted by Crippen LogP contribution is 2.16. The van der Waals surface area contributed by atoms with E-state index in [4.69, 9.17) is 0 Å². The SMILES string of the molecule is CCN(CCc1ccncc1)C(=O)c1cc(C)n(C)c1C. The minimum absolute atomic E-state index is 0.118. The van der Waals surface area contributed by atoms with E-state index in [2.05, 4.69) is 9.55 Å². The lowest BCUT2D eigenvalue weighted by Crippen LogP contribution is -2.33. The van der Waals surface area contributed by atoms with E-state index in [1.54, 1.807) is 12.4 Å². The molecule has 0 saturated carbocycles. The third-order valence-electron chi connectivity index (χ3n) is 4.09. The van der Waals surface area contributed by atoms with Gasteiger partial charge in [-0.25, -0.2) is 0 Å². The Bertz CT molecular complexity index is 616. The number of carbonyl (C=O) groups is 1. The summed E-state index contributed by atoms with van der Waals surface area (Å²) in [7, 11) is 1.99. The number of pyridine rings is 1. The average molecular weight is 285 g/mol. The summed E-state index contributed by atoms with van der Waals surface area (Å²) in [6.45, 7) is 7.49. The molecule has 0 atom stereocenters. The van der Waals surface area contributed by atoms with Crippen LogP contribution in [-0.2, 0) is 13.5 Å². The maximum Gasteiger partial charge on any atom is 0.255 e. The summed E-state index contributed by atoms with van der Waals surface area (Å²) in [4.78, 5) is 18.6. The monoisotopic (exact) mass is 285 g/mol. The molecule has 0 aliphatic carbocycles. The maximum atomic E-state index is 12.7. The van der Waals surface area contributed by atoms with Crippen molar-refractivity contribution in [3.05, 3.63) is 53.1 Å². The van der Waals surface area contributed by atoms with Gasteiger partial charge in [-0.2, -0.15) is 0 Å². The first-order chi connectivity index (χ1) is 10.0. The molecule has 0 fully saturated rings. The standard InChI is InChI=1S/C17H23N3O/c1-5-20(11-8-15-6-9-18-10-7-15)17(21)16-12-13(2)19(4)14(16)3/h6-7,9-10,12H,5,8,11H2,1-4H3. The van der Waals surface area contributed by atoms with Gasteiger partial charge in [0.1, 0.15) is 0 Å². The highest BCUT2D eigenvalue weighted by Gasteiger charge is 2.19. The Hall–Kier alpha value is -2.10. The Labute approximate surface area is 126 Å². The highest BCUT2D eigenvalue weighted by atomic mass is 16.2. The van der Waals surface area contributed by atoms with Gasteiger partial charge in [-0.15, -0.1) is 0 Å². The van der Waals surface area contributed by atoms with Gasteiger partial charge in [0.2, 0.25) is 0 Å². The minimum Gasteiger partial charge on any atom is -0.351 e. The van der Waals surface area contributed by atoms with Crippen LogP contribution in [0.15, 0.2) is 30.6 Å². The Balaban J connectivity index is 2.10. The van der Waals surface area contributed by atoms with Crippen LogP contribution in [0, 0.1) is 13.8 Å². The first-order valence-corrected chi connectivity index (χ1v) is 7.35. The zero-order valence-electron chi connectivity index (χ0n) is 13.3. The van der Waals surface area contributed by atoms with Gasteiger partial charge in [-0.3, -0.25) is 9.78 Å². The first kappa shape index (κ1) is 15.3. The molecule has 21 heavy (non-hydrogen) atoms. The topological polar surface area (TPSA) is 38.1 Å². The van der Waals surface area contributed by atoms with Gasteiger partial charge >= 0.3 is 0 Å². The van der Waals surface area contributed by atoms with Crippen LogP contribution in [0.1, 0.15) is 34.2 Å². The molecule has 4 nitrogen and oxygen atoms in total.